The number of aliphatic hydroxyl groups is 1. The lowest BCUT2D eigenvalue weighted by atomic mass is 10.1. The molecule has 1 atom stereocenters. The zero-order chi connectivity index (χ0) is 17.8. The monoisotopic (exact) mass is 336 g/mol. The number of aliphatic hydroxyl groups excluding tert-OH is 1. The van der Waals surface area contributed by atoms with Crippen molar-refractivity contribution in [2.24, 2.45) is 0 Å². The second-order valence-electron chi connectivity index (χ2n) is 6.33. The predicted molar refractivity (Wildman–Crippen MR) is 99.8 cm³/mol. The molecule has 2 aromatic carbocycles. The zero-order valence-corrected chi connectivity index (χ0v) is 14.9. The molecule has 1 aromatic heterocycles. The predicted octanol–water partition coefficient (Wildman–Crippen LogP) is 3.92. The van der Waals surface area contributed by atoms with E-state index in [2.05, 4.69) is 17.2 Å². The van der Waals surface area contributed by atoms with E-state index in [1.54, 1.807) is 0 Å². The van der Waals surface area contributed by atoms with Gasteiger partial charge in [0.2, 0.25) is 0 Å². The standard InChI is InChI=1S/C21H24N2O2/c1-15-16(2)22-23(17(15)3)13-20(24)14-25-21-11-9-19(10-12-21)18-7-5-4-6-8-18/h4-12,20,24H,13-14H2,1-3H3/t20-/m1/s1. The van der Waals surface area contributed by atoms with Gasteiger partial charge in [0.05, 0.1) is 12.2 Å². The van der Waals surface area contributed by atoms with Crippen molar-refractivity contribution in [3.63, 3.8) is 0 Å². The normalized spacial score (nSPS) is 12.2. The summed E-state index contributed by atoms with van der Waals surface area (Å²) in [5.74, 6) is 0.753. The third kappa shape index (κ3) is 4.09. The van der Waals surface area contributed by atoms with Crippen molar-refractivity contribution in [2.45, 2.75) is 33.4 Å². The maximum atomic E-state index is 10.2. The minimum atomic E-state index is -0.605. The highest BCUT2D eigenvalue weighted by atomic mass is 16.5. The Morgan fingerprint density at radius 2 is 1.60 bits per heavy atom. The molecule has 4 heteroatoms. The highest BCUT2D eigenvalue weighted by molar-refractivity contribution is 5.63. The smallest absolute Gasteiger partial charge is 0.119 e. The van der Waals surface area contributed by atoms with E-state index in [0.29, 0.717) is 6.54 Å². The molecular formula is C21H24N2O2. The molecule has 3 rings (SSSR count). The van der Waals surface area contributed by atoms with Crippen LogP contribution in [0, 0.1) is 20.8 Å². The maximum absolute atomic E-state index is 10.2. The summed E-state index contributed by atoms with van der Waals surface area (Å²) in [6.07, 6.45) is -0.605. The van der Waals surface area contributed by atoms with Crippen LogP contribution in [-0.2, 0) is 6.54 Å². The van der Waals surface area contributed by atoms with Crippen LogP contribution in [0.15, 0.2) is 54.6 Å². The van der Waals surface area contributed by atoms with Crippen molar-refractivity contribution in [2.75, 3.05) is 6.61 Å². The summed E-state index contributed by atoms with van der Waals surface area (Å²) in [7, 11) is 0. The van der Waals surface area contributed by atoms with Gasteiger partial charge in [0, 0.05) is 5.69 Å². The Balaban J connectivity index is 1.57. The first-order chi connectivity index (χ1) is 12.0. The van der Waals surface area contributed by atoms with Crippen LogP contribution < -0.4 is 4.74 Å². The SMILES string of the molecule is Cc1nn(C[C@@H](O)COc2ccc(-c3ccccc3)cc2)c(C)c1C. The quantitative estimate of drug-likeness (QED) is 0.742. The zero-order valence-electron chi connectivity index (χ0n) is 14.9. The van der Waals surface area contributed by atoms with Crippen molar-refractivity contribution in [1.29, 1.82) is 0 Å². The average Bonchev–Trinajstić information content (AvgIpc) is 2.88. The van der Waals surface area contributed by atoms with Crippen molar-refractivity contribution < 1.29 is 9.84 Å². The summed E-state index contributed by atoms with van der Waals surface area (Å²) < 4.78 is 7.56. The molecule has 0 saturated heterocycles. The number of hydrogen-bond donors (Lipinski definition) is 1. The molecule has 0 amide bonds. The van der Waals surface area contributed by atoms with Gasteiger partial charge in [0.1, 0.15) is 18.5 Å². The van der Waals surface area contributed by atoms with Gasteiger partial charge in [0.25, 0.3) is 0 Å². The Morgan fingerprint density at radius 1 is 0.960 bits per heavy atom. The van der Waals surface area contributed by atoms with Crippen LogP contribution in [0.5, 0.6) is 5.75 Å². The van der Waals surface area contributed by atoms with Gasteiger partial charge in [-0.3, -0.25) is 4.68 Å². The number of nitrogens with zero attached hydrogens (tertiary/aromatic N) is 2. The van der Waals surface area contributed by atoms with Crippen LogP contribution in [0.4, 0.5) is 0 Å². The number of aryl methyl sites for hydroxylation is 1. The maximum Gasteiger partial charge on any atom is 0.119 e. The molecule has 4 nitrogen and oxygen atoms in total. The topological polar surface area (TPSA) is 47.3 Å². The van der Waals surface area contributed by atoms with Gasteiger partial charge in [-0.1, -0.05) is 42.5 Å². The third-order valence-corrected chi connectivity index (χ3v) is 4.53. The van der Waals surface area contributed by atoms with Gasteiger partial charge in [-0.15, -0.1) is 0 Å². The molecule has 1 N–H and O–H groups in total. The Kier molecular flexibility index (Phi) is 5.19. The summed E-state index contributed by atoms with van der Waals surface area (Å²) in [5.41, 5.74) is 5.58. The summed E-state index contributed by atoms with van der Waals surface area (Å²) in [5, 5.41) is 14.7. The van der Waals surface area contributed by atoms with Crippen molar-refractivity contribution in [1.82, 2.24) is 9.78 Å². The Hall–Kier alpha value is -2.59. The van der Waals surface area contributed by atoms with E-state index in [1.165, 1.54) is 11.1 Å². The number of rotatable bonds is 6. The van der Waals surface area contributed by atoms with Gasteiger partial charge < -0.3 is 9.84 Å². The number of ether oxygens (including phenoxy) is 1. The van der Waals surface area contributed by atoms with Gasteiger partial charge in [-0.25, -0.2) is 0 Å². The molecule has 0 radical (unpaired) electrons. The fourth-order valence-electron chi connectivity index (χ4n) is 2.78. The second kappa shape index (κ2) is 7.53. The molecule has 0 fully saturated rings. The summed E-state index contributed by atoms with van der Waals surface area (Å²) in [4.78, 5) is 0. The lowest BCUT2D eigenvalue weighted by Gasteiger charge is -2.14. The van der Waals surface area contributed by atoms with Gasteiger partial charge >= 0.3 is 0 Å². The molecule has 0 bridgehead atoms. The molecule has 1 heterocycles. The minimum absolute atomic E-state index is 0.238. The second-order valence-corrected chi connectivity index (χ2v) is 6.33. The Bertz CT molecular complexity index is 823. The Labute approximate surface area is 148 Å². The lowest BCUT2D eigenvalue weighted by Crippen LogP contribution is -2.24. The van der Waals surface area contributed by atoms with E-state index >= 15 is 0 Å². The fourth-order valence-corrected chi connectivity index (χ4v) is 2.78. The first-order valence-corrected chi connectivity index (χ1v) is 8.51. The lowest BCUT2D eigenvalue weighted by molar-refractivity contribution is 0.0887. The molecule has 25 heavy (non-hydrogen) atoms. The molecule has 130 valence electrons. The minimum Gasteiger partial charge on any atom is -0.491 e. The molecule has 0 aliphatic heterocycles. The van der Waals surface area contributed by atoms with Crippen molar-refractivity contribution in [3.8, 4) is 16.9 Å². The molecule has 0 unspecified atom stereocenters. The molecule has 0 spiro atoms. The van der Waals surface area contributed by atoms with Gasteiger partial charge in [-0.05, 0) is 49.6 Å². The molecular weight excluding hydrogens is 312 g/mol. The molecule has 0 aliphatic rings. The number of hydrogen-bond acceptors (Lipinski definition) is 3. The van der Waals surface area contributed by atoms with Crippen LogP contribution in [-0.4, -0.2) is 27.6 Å². The highest BCUT2D eigenvalue weighted by Gasteiger charge is 2.12. The summed E-state index contributed by atoms with van der Waals surface area (Å²) in [6, 6.07) is 18.1. The van der Waals surface area contributed by atoms with E-state index in [-0.39, 0.29) is 6.61 Å². The Morgan fingerprint density at radius 3 is 2.20 bits per heavy atom. The van der Waals surface area contributed by atoms with Crippen molar-refractivity contribution in [3.05, 3.63) is 71.5 Å². The van der Waals surface area contributed by atoms with E-state index in [1.807, 2.05) is 67.9 Å². The van der Waals surface area contributed by atoms with E-state index in [4.69, 9.17) is 4.74 Å². The largest absolute Gasteiger partial charge is 0.491 e. The first-order valence-electron chi connectivity index (χ1n) is 8.51. The van der Waals surface area contributed by atoms with E-state index in [9.17, 15) is 5.11 Å². The summed E-state index contributed by atoms with van der Waals surface area (Å²) >= 11 is 0. The van der Waals surface area contributed by atoms with Crippen LogP contribution in [0.3, 0.4) is 0 Å². The van der Waals surface area contributed by atoms with Crippen LogP contribution in [0.1, 0.15) is 17.0 Å². The third-order valence-electron chi connectivity index (χ3n) is 4.53. The van der Waals surface area contributed by atoms with Gasteiger partial charge in [-0.2, -0.15) is 5.10 Å². The van der Waals surface area contributed by atoms with Crippen LogP contribution >= 0.6 is 0 Å². The van der Waals surface area contributed by atoms with E-state index < -0.39 is 6.10 Å². The summed E-state index contributed by atoms with van der Waals surface area (Å²) in [6.45, 7) is 6.72. The van der Waals surface area contributed by atoms with Crippen LogP contribution in [0.25, 0.3) is 11.1 Å². The average molecular weight is 336 g/mol. The highest BCUT2D eigenvalue weighted by Crippen LogP contribution is 2.22. The fraction of sp³-hybridized carbons (Fsp3) is 0.286. The molecule has 0 aliphatic carbocycles. The number of benzene rings is 2. The molecule has 3 aromatic rings. The first kappa shape index (κ1) is 17.2. The van der Waals surface area contributed by atoms with E-state index in [0.717, 1.165) is 22.7 Å². The van der Waals surface area contributed by atoms with Crippen molar-refractivity contribution >= 4 is 0 Å². The van der Waals surface area contributed by atoms with Gasteiger partial charge in [0.15, 0.2) is 0 Å². The number of aromatic nitrogens is 2. The molecule has 0 saturated carbocycles. The van der Waals surface area contributed by atoms with Crippen LogP contribution in [0.2, 0.25) is 0 Å².